The quantitative estimate of drug-likeness (QED) is 0.220. The number of aromatic nitrogens is 2. The van der Waals surface area contributed by atoms with Gasteiger partial charge in [-0.3, -0.25) is 0 Å². The molecule has 7 nitrogen and oxygen atoms in total. The van der Waals surface area contributed by atoms with Crippen LogP contribution in [0.4, 0.5) is 17.1 Å². The Morgan fingerprint density at radius 3 is 1.44 bits per heavy atom. The average molecular weight is 530 g/mol. The Labute approximate surface area is 234 Å². The van der Waals surface area contributed by atoms with Crippen LogP contribution in [0.3, 0.4) is 0 Å². The van der Waals surface area contributed by atoms with Gasteiger partial charge in [0, 0.05) is 28.2 Å². The molecule has 0 atom stereocenters. The van der Waals surface area contributed by atoms with Crippen molar-refractivity contribution in [1.82, 2.24) is 9.97 Å². The molecule has 2 heterocycles. The van der Waals surface area contributed by atoms with Gasteiger partial charge in [-0.05, 0) is 91.0 Å². The Morgan fingerprint density at radius 1 is 0.512 bits per heavy atom. The molecule has 0 saturated carbocycles. The van der Waals surface area contributed by atoms with E-state index in [0.29, 0.717) is 22.9 Å². The first-order valence-electron chi connectivity index (χ1n) is 12.9. The molecule has 2 aromatic heterocycles. The van der Waals surface area contributed by atoms with Gasteiger partial charge in [0.05, 0.1) is 11.1 Å². The lowest BCUT2D eigenvalue weighted by molar-refractivity contribution is 0.619. The van der Waals surface area contributed by atoms with Crippen molar-refractivity contribution >= 4 is 39.3 Å². The highest BCUT2D eigenvalue weighted by Gasteiger charge is 2.17. The van der Waals surface area contributed by atoms with Gasteiger partial charge in [0.1, 0.15) is 23.2 Å². The van der Waals surface area contributed by atoms with E-state index >= 15 is 0 Å². The van der Waals surface area contributed by atoms with E-state index in [1.165, 1.54) is 0 Å². The van der Waals surface area contributed by atoms with Crippen LogP contribution in [0, 0.1) is 22.7 Å². The number of hydrogen-bond donors (Lipinski definition) is 0. The first-order chi connectivity index (χ1) is 20.2. The normalized spacial score (nSPS) is 10.9. The molecule has 0 saturated heterocycles. The number of fused-ring (bicyclic) bond motifs is 2. The summed E-state index contributed by atoms with van der Waals surface area (Å²) in [5, 5.41) is 19.1. The molecule has 0 aliphatic carbocycles. The van der Waals surface area contributed by atoms with Gasteiger partial charge < -0.3 is 13.7 Å². The lowest BCUT2D eigenvalue weighted by Gasteiger charge is -2.26. The minimum Gasteiger partial charge on any atom is -0.436 e. The fourth-order valence-corrected chi connectivity index (χ4v) is 4.81. The fourth-order valence-electron chi connectivity index (χ4n) is 4.81. The zero-order valence-corrected chi connectivity index (χ0v) is 21.5. The highest BCUT2D eigenvalue weighted by atomic mass is 16.4. The molecule has 0 aliphatic heterocycles. The molecule has 0 N–H and O–H groups in total. The standard InChI is InChI=1S/C34H19N5O2/c35-20-24-13-18-28(19-25(24)21-36)39(26-14-9-22(10-15-26)33-37-29-5-1-3-7-31(29)40-33)27-16-11-23(12-17-27)34-38-30-6-2-4-8-32(30)41-34/h1-19H. The maximum absolute atomic E-state index is 9.69. The summed E-state index contributed by atoms with van der Waals surface area (Å²) in [4.78, 5) is 11.2. The molecular formula is C34H19N5O2. The third kappa shape index (κ3) is 4.34. The van der Waals surface area contributed by atoms with Crippen LogP contribution >= 0.6 is 0 Å². The lowest BCUT2D eigenvalue weighted by Crippen LogP contribution is -2.10. The van der Waals surface area contributed by atoms with Gasteiger partial charge in [-0.2, -0.15) is 10.5 Å². The van der Waals surface area contributed by atoms with Crippen LogP contribution in [0.15, 0.2) is 124 Å². The average Bonchev–Trinajstić information content (AvgIpc) is 3.67. The number of benzene rings is 5. The maximum atomic E-state index is 9.69. The Balaban J connectivity index is 1.29. The van der Waals surface area contributed by atoms with Gasteiger partial charge >= 0.3 is 0 Å². The van der Waals surface area contributed by atoms with Crippen molar-refractivity contribution in [2.45, 2.75) is 0 Å². The maximum Gasteiger partial charge on any atom is 0.227 e. The van der Waals surface area contributed by atoms with Gasteiger partial charge in [-0.25, -0.2) is 9.97 Å². The molecular weight excluding hydrogens is 510 g/mol. The molecule has 192 valence electrons. The monoisotopic (exact) mass is 529 g/mol. The highest BCUT2D eigenvalue weighted by Crippen LogP contribution is 2.38. The zero-order chi connectivity index (χ0) is 27.8. The van der Waals surface area contributed by atoms with Gasteiger partial charge in [0.2, 0.25) is 11.8 Å². The van der Waals surface area contributed by atoms with E-state index in [2.05, 4.69) is 22.1 Å². The summed E-state index contributed by atoms with van der Waals surface area (Å²) in [6.07, 6.45) is 0. The highest BCUT2D eigenvalue weighted by molar-refractivity contribution is 5.82. The van der Waals surface area contributed by atoms with Crippen LogP contribution < -0.4 is 4.90 Å². The molecule has 41 heavy (non-hydrogen) atoms. The van der Waals surface area contributed by atoms with Crippen LogP contribution in [0.5, 0.6) is 0 Å². The van der Waals surface area contributed by atoms with E-state index in [0.717, 1.165) is 50.4 Å². The molecule has 0 radical (unpaired) electrons. The van der Waals surface area contributed by atoms with E-state index in [1.54, 1.807) is 12.1 Å². The zero-order valence-electron chi connectivity index (χ0n) is 21.5. The molecule has 7 aromatic rings. The second kappa shape index (κ2) is 9.85. The van der Waals surface area contributed by atoms with Crippen molar-refractivity contribution < 1.29 is 8.83 Å². The molecule has 0 unspecified atom stereocenters. The van der Waals surface area contributed by atoms with Gasteiger partial charge in [0.15, 0.2) is 11.2 Å². The molecule has 5 aromatic carbocycles. The smallest absolute Gasteiger partial charge is 0.227 e. The predicted molar refractivity (Wildman–Crippen MR) is 157 cm³/mol. The largest absolute Gasteiger partial charge is 0.436 e. The van der Waals surface area contributed by atoms with E-state index in [9.17, 15) is 10.5 Å². The van der Waals surface area contributed by atoms with Crippen LogP contribution in [-0.4, -0.2) is 9.97 Å². The molecule has 0 aliphatic rings. The van der Waals surface area contributed by atoms with Crippen molar-refractivity contribution in [2.24, 2.45) is 0 Å². The summed E-state index contributed by atoms with van der Waals surface area (Å²) >= 11 is 0. The number of anilines is 3. The lowest BCUT2D eigenvalue weighted by atomic mass is 10.1. The van der Waals surface area contributed by atoms with Gasteiger partial charge in [-0.15, -0.1) is 0 Å². The second-order valence-corrected chi connectivity index (χ2v) is 9.36. The van der Waals surface area contributed by atoms with E-state index in [-0.39, 0.29) is 0 Å². The molecule has 0 spiro atoms. The third-order valence-electron chi connectivity index (χ3n) is 6.83. The van der Waals surface area contributed by atoms with Gasteiger partial charge in [0.25, 0.3) is 0 Å². The van der Waals surface area contributed by atoms with Crippen molar-refractivity contribution in [1.29, 1.82) is 10.5 Å². The van der Waals surface area contributed by atoms with E-state index in [4.69, 9.17) is 8.83 Å². The van der Waals surface area contributed by atoms with Crippen LogP contribution in [-0.2, 0) is 0 Å². The third-order valence-corrected chi connectivity index (χ3v) is 6.83. The van der Waals surface area contributed by atoms with E-state index < -0.39 is 0 Å². The van der Waals surface area contributed by atoms with Crippen LogP contribution in [0.2, 0.25) is 0 Å². The Kier molecular flexibility index (Phi) is 5.74. The summed E-state index contributed by atoms with van der Waals surface area (Å²) in [6, 6.07) is 40.5. The van der Waals surface area contributed by atoms with Crippen molar-refractivity contribution in [3.05, 3.63) is 126 Å². The summed E-state index contributed by atoms with van der Waals surface area (Å²) in [7, 11) is 0. The minimum absolute atomic E-state index is 0.307. The number of hydrogen-bond acceptors (Lipinski definition) is 7. The molecule has 0 fully saturated rings. The summed E-state index contributed by atoms with van der Waals surface area (Å²) in [5.41, 5.74) is 7.83. The number of nitrogens with zero attached hydrogens (tertiary/aromatic N) is 5. The van der Waals surface area contributed by atoms with E-state index in [1.807, 2.05) is 108 Å². The first-order valence-corrected chi connectivity index (χ1v) is 12.9. The molecule has 7 rings (SSSR count). The molecule has 7 heteroatoms. The minimum atomic E-state index is 0.307. The first kappa shape index (κ1) is 23.9. The Morgan fingerprint density at radius 2 is 0.976 bits per heavy atom. The number of rotatable bonds is 5. The summed E-state index contributed by atoms with van der Waals surface area (Å²) in [5.74, 6) is 1.08. The topological polar surface area (TPSA) is 103 Å². The number of oxazole rings is 2. The summed E-state index contributed by atoms with van der Waals surface area (Å²) < 4.78 is 11.9. The number of nitriles is 2. The summed E-state index contributed by atoms with van der Waals surface area (Å²) in [6.45, 7) is 0. The van der Waals surface area contributed by atoms with Crippen LogP contribution in [0.25, 0.3) is 45.1 Å². The second-order valence-electron chi connectivity index (χ2n) is 9.36. The van der Waals surface area contributed by atoms with Crippen LogP contribution in [0.1, 0.15) is 11.1 Å². The SMILES string of the molecule is N#Cc1ccc(N(c2ccc(-c3nc4ccccc4o3)cc2)c2ccc(-c3nc4ccccc4o3)cc2)cc1C#N. The number of para-hydroxylation sites is 4. The van der Waals surface area contributed by atoms with Gasteiger partial charge in [-0.1, -0.05) is 24.3 Å². The van der Waals surface area contributed by atoms with Crippen molar-refractivity contribution in [3.63, 3.8) is 0 Å². The molecule has 0 amide bonds. The van der Waals surface area contributed by atoms with Crippen molar-refractivity contribution in [3.8, 4) is 35.0 Å². The Hall–Kier alpha value is -6.18. The Bertz CT molecular complexity index is 1940. The molecule has 0 bridgehead atoms. The fraction of sp³-hybridized carbons (Fsp3) is 0. The van der Waals surface area contributed by atoms with Crippen molar-refractivity contribution in [2.75, 3.05) is 4.90 Å². The predicted octanol–water partition coefficient (Wildman–Crippen LogP) is 8.52.